The van der Waals surface area contributed by atoms with Gasteiger partial charge in [-0.15, -0.1) is 34.0 Å². The van der Waals surface area contributed by atoms with Crippen LogP contribution in [0, 0.1) is 13.8 Å². The van der Waals surface area contributed by atoms with E-state index in [1.165, 1.54) is 11.3 Å². The molecule has 0 atom stereocenters. The zero-order chi connectivity index (χ0) is 59.5. The van der Waals surface area contributed by atoms with E-state index in [4.69, 9.17) is 85.3 Å². The van der Waals surface area contributed by atoms with Gasteiger partial charge >= 0.3 is 0 Å². The standard InChI is InChI=1S/C62H108O18S3/c1-9-15-21-63-27-33-69-39-45-75-53-51(7)81-59(55(53)77-47-41-71-35-29-65-23-17-11-3)61-57(79-49-43-73-37-31-67-25-19-13-5)58(80-50-44-74-38-32-68-26-20-14-6)62(83-61)60-56(78-48-42-72-36-30-66-24-18-12-4)54(52(8)82-60)76-46-40-70-34-28-64-22-16-10-2/h9-50H2,1-8H3. The lowest BCUT2D eigenvalue weighted by molar-refractivity contribution is 0.0323. The molecule has 0 unspecified atom stereocenters. The number of hydrogen-bond donors (Lipinski definition) is 0. The van der Waals surface area contributed by atoms with Crippen molar-refractivity contribution in [2.24, 2.45) is 0 Å². The summed E-state index contributed by atoms with van der Waals surface area (Å²) in [4.78, 5) is 5.03. The molecule has 0 bridgehead atoms. The Morgan fingerprint density at radius 1 is 0.193 bits per heavy atom. The van der Waals surface area contributed by atoms with Gasteiger partial charge in [0.25, 0.3) is 0 Å². The largest absolute Gasteiger partial charge is 0.486 e. The van der Waals surface area contributed by atoms with Crippen molar-refractivity contribution in [3.05, 3.63) is 9.75 Å². The van der Waals surface area contributed by atoms with Gasteiger partial charge in [-0.2, -0.15) is 0 Å². The van der Waals surface area contributed by atoms with Gasteiger partial charge < -0.3 is 85.3 Å². The van der Waals surface area contributed by atoms with Crippen LogP contribution in [0.2, 0.25) is 0 Å². The molecule has 0 N–H and O–H groups in total. The Morgan fingerprint density at radius 2 is 0.349 bits per heavy atom. The smallest absolute Gasteiger partial charge is 0.181 e. The third-order valence-corrected chi connectivity index (χ3v) is 15.8. The van der Waals surface area contributed by atoms with Crippen LogP contribution in [0.15, 0.2) is 0 Å². The van der Waals surface area contributed by atoms with E-state index >= 15 is 0 Å². The molecule has 0 aliphatic heterocycles. The lowest BCUT2D eigenvalue weighted by Crippen LogP contribution is -2.14. The minimum atomic E-state index is 0.224. The van der Waals surface area contributed by atoms with Gasteiger partial charge in [0.2, 0.25) is 0 Å². The highest BCUT2D eigenvalue weighted by Crippen LogP contribution is 2.61. The Balaban J connectivity index is 2.15. The van der Waals surface area contributed by atoms with Crippen LogP contribution in [-0.2, 0) is 56.8 Å². The summed E-state index contributed by atoms with van der Waals surface area (Å²) in [5.41, 5.74) is 0. The molecule has 0 aliphatic rings. The van der Waals surface area contributed by atoms with Gasteiger partial charge in [0.1, 0.15) is 39.6 Å². The molecule has 83 heavy (non-hydrogen) atoms. The molecule has 0 spiro atoms. The maximum absolute atomic E-state index is 6.91. The van der Waals surface area contributed by atoms with E-state index in [0.717, 1.165) is 120 Å². The molecule has 3 aromatic rings. The average molecular weight is 1240 g/mol. The molecule has 0 aliphatic carbocycles. The molecule has 3 heterocycles. The molecule has 18 nitrogen and oxygen atoms in total. The maximum Gasteiger partial charge on any atom is 0.181 e. The van der Waals surface area contributed by atoms with Gasteiger partial charge in [0.15, 0.2) is 34.5 Å². The molecule has 21 heteroatoms. The molecule has 0 saturated heterocycles. The normalized spacial score (nSPS) is 11.6. The van der Waals surface area contributed by atoms with Crippen LogP contribution in [0.5, 0.6) is 34.5 Å². The van der Waals surface area contributed by atoms with Gasteiger partial charge in [0.05, 0.1) is 138 Å². The van der Waals surface area contributed by atoms with E-state index in [2.05, 4.69) is 41.5 Å². The molecule has 0 saturated carbocycles. The van der Waals surface area contributed by atoms with Gasteiger partial charge in [-0.25, -0.2) is 0 Å². The monoisotopic (exact) mass is 1240 g/mol. The van der Waals surface area contributed by atoms with Gasteiger partial charge in [-0.05, 0) is 52.4 Å². The van der Waals surface area contributed by atoms with Crippen LogP contribution in [0.1, 0.15) is 128 Å². The van der Waals surface area contributed by atoms with Crippen molar-refractivity contribution in [1.82, 2.24) is 0 Å². The Hall–Kier alpha value is -2.58. The minimum Gasteiger partial charge on any atom is -0.486 e. The average Bonchev–Trinajstić information content (AvgIpc) is 2.24. The van der Waals surface area contributed by atoms with Crippen LogP contribution in [0.25, 0.3) is 19.5 Å². The number of unbranched alkanes of at least 4 members (excludes halogenated alkanes) is 6. The van der Waals surface area contributed by atoms with Gasteiger partial charge in [-0.1, -0.05) is 80.1 Å². The number of rotatable bonds is 62. The van der Waals surface area contributed by atoms with Crippen molar-refractivity contribution < 1.29 is 85.3 Å². The molecule has 0 amide bonds. The second-order valence-electron chi connectivity index (χ2n) is 19.3. The Kier molecular flexibility index (Phi) is 47.3. The van der Waals surface area contributed by atoms with Crippen molar-refractivity contribution >= 4 is 34.0 Å². The quantitative estimate of drug-likeness (QED) is 0.0489. The molecule has 3 aromatic heterocycles. The van der Waals surface area contributed by atoms with E-state index in [9.17, 15) is 0 Å². The molecule has 0 aromatic carbocycles. The van der Waals surface area contributed by atoms with Crippen molar-refractivity contribution in [3.63, 3.8) is 0 Å². The third-order valence-electron chi connectivity index (χ3n) is 12.1. The fourth-order valence-corrected chi connectivity index (χ4v) is 11.0. The minimum absolute atomic E-state index is 0.224. The Morgan fingerprint density at radius 3 is 0.554 bits per heavy atom. The fraction of sp³-hybridized carbons (Fsp3) is 0.806. The summed E-state index contributed by atoms with van der Waals surface area (Å²) in [6.45, 7) is 30.7. The zero-order valence-corrected chi connectivity index (χ0v) is 54.7. The zero-order valence-electron chi connectivity index (χ0n) is 52.3. The first-order chi connectivity index (χ1) is 41.0. The predicted molar refractivity (Wildman–Crippen MR) is 333 cm³/mol. The lowest BCUT2D eigenvalue weighted by Gasteiger charge is -2.15. The molecular formula is C62H108O18S3. The number of ether oxygens (including phenoxy) is 18. The van der Waals surface area contributed by atoms with E-state index in [1.54, 1.807) is 22.7 Å². The molecule has 3 rings (SSSR count). The molecular weight excluding hydrogens is 1130 g/mol. The van der Waals surface area contributed by atoms with Crippen LogP contribution < -0.4 is 28.4 Å². The number of hydrogen-bond acceptors (Lipinski definition) is 21. The van der Waals surface area contributed by atoms with Crippen LogP contribution in [0.3, 0.4) is 0 Å². The first-order valence-corrected chi connectivity index (χ1v) is 33.6. The van der Waals surface area contributed by atoms with Crippen LogP contribution in [0.4, 0.5) is 0 Å². The summed E-state index contributed by atoms with van der Waals surface area (Å²) >= 11 is 4.65. The van der Waals surface area contributed by atoms with E-state index in [0.29, 0.717) is 193 Å². The Labute approximate surface area is 511 Å². The molecule has 0 fully saturated rings. The lowest BCUT2D eigenvalue weighted by atomic mass is 10.2. The van der Waals surface area contributed by atoms with Crippen molar-refractivity contribution in [3.8, 4) is 54.0 Å². The number of thiophene rings is 3. The van der Waals surface area contributed by atoms with Crippen molar-refractivity contribution in [1.29, 1.82) is 0 Å². The van der Waals surface area contributed by atoms with Gasteiger partial charge in [-0.3, -0.25) is 0 Å². The molecule has 482 valence electrons. The van der Waals surface area contributed by atoms with E-state index in [-0.39, 0.29) is 26.4 Å². The fourth-order valence-electron chi connectivity index (χ4n) is 7.50. The summed E-state index contributed by atoms with van der Waals surface area (Å²) in [5, 5.41) is 0. The summed E-state index contributed by atoms with van der Waals surface area (Å²) in [7, 11) is 0. The third kappa shape index (κ3) is 33.4. The predicted octanol–water partition coefficient (Wildman–Crippen LogP) is 13.1. The first-order valence-electron chi connectivity index (χ1n) is 31.1. The van der Waals surface area contributed by atoms with E-state index in [1.807, 2.05) is 13.8 Å². The van der Waals surface area contributed by atoms with Crippen molar-refractivity contribution in [2.45, 2.75) is 132 Å². The second kappa shape index (κ2) is 52.5. The van der Waals surface area contributed by atoms with E-state index < -0.39 is 0 Å². The Bertz CT molecular complexity index is 1810. The highest BCUT2D eigenvalue weighted by molar-refractivity contribution is 7.27. The second-order valence-corrected chi connectivity index (χ2v) is 22.7. The summed E-state index contributed by atoms with van der Waals surface area (Å²) in [5.74, 6) is 3.45. The highest BCUT2D eigenvalue weighted by Gasteiger charge is 2.33. The summed E-state index contributed by atoms with van der Waals surface area (Å²) in [6.07, 6.45) is 12.6. The first kappa shape index (κ1) is 74.7. The van der Waals surface area contributed by atoms with Crippen molar-refractivity contribution in [2.75, 3.05) is 198 Å². The number of aryl methyl sites for hydroxylation is 2. The summed E-state index contributed by atoms with van der Waals surface area (Å²) < 4.78 is 111. The van der Waals surface area contributed by atoms with Gasteiger partial charge in [0, 0.05) is 49.4 Å². The highest BCUT2D eigenvalue weighted by atomic mass is 32.1. The maximum atomic E-state index is 6.91. The van der Waals surface area contributed by atoms with Crippen LogP contribution in [-0.4, -0.2) is 198 Å². The SMILES string of the molecule is CCCCOCCOCCOc1c(C)sc(-c2sc(-c3sc(C)c(OCCOCCOCCCC)c3OCCOCCOCCCC)c(OCCOCCOCCCC)c2OCCOCCOCCCC)c1OCCOCCOCCCC. The topological polar surface area (TPSA) is 166 Å². The summed E-state index contributed by atoms with van der Waals surface area (Å²) in [6, 6.07) is 0. The molecule has 0 radical (unpaired) electrons. The van der Waals surface area contributed by atoms with Crippen LogP contribution >= 0.6 is 34.0 Å².